The zero-order valence-electron chi connectivity index (χ0n) is 13.8. The summed E-state index contributed by atoms with van der Waals surface area (Å²) in [5, 5.41) is 8.22. The van der Waals surface area contributed by atoms with Gasteiger partial charge in [0.25, 0.3) is 0 Å². The summed E-state index contributed by atoms with van der Waals surface area (Å²) in [6.45, 7) is 11.5. The smallest absolute Gasteiger partial charge is 0.0536 e. The summed E-state index contributed by atoms with van der Waals surface area (Å²) in [4.78, 5) is 2.72. The van der Waals surface area contributed by atoms with Gasteiger partial charge < -0.3 is 5.32 Å². The predicted octanol–water partition coefficient (Wildman–Crippen LogP) is 2.37. The number of nitrogens with zero attached hydrogens (tertiary/aromatic N) is 3. The summed E-state index contributed by atoms with van der Waals surface area (Å²) in [7, 11) is 0. The van der Waals surface area contributed by atoms with Gasteiger partial charge in [-0.25, -0.2) is 0 Å². The van der Waals surface area contributed by atoms with Crippen molar-refractivity contribution in [3.8, 4) is 0 Å². The third-order valence-electron chi connectivity index (χ3n) is 5.19. The highest BCUT2D eigenvalue weighted by Gasteiger charge is 2.45. The Morgan fingerprint density at radius 1 is 1.33 bits per heavy atom. The zero-order valence-corrected chi connectivity index (χ0v) is 13.8. The first-order chi connectivity index (χ1) is 10.1. The molecule has 1 aromatic heterocycles. The fourth-order valence-corrected chi connectivity index (χ4v) is 3.78. The molecule has 1 aromatic rings. The molecule has 3 rings (SSSR count). The van der Waals surface area contributed by atoms with Crippen LogP contribution in [0.1, 0.15) is 40.0 Å². The van der Waals surface area contributed by atoms with Crippen molar-refractivity contribution in [2.75, 3.05) is 19.6 Å². The average molecular weight is 290 g/mol. The van der Waals surface area contributed by atoms with Crippen molar-refractivity contribution in [1.82, 2.24) is 20.0 Å². The molecule has 0 aromatic carbocycles. The molecule has 2 unspecified atom stereocenters. The average Bonchev–Trinajstić information content (AvgIpc) is 3.18. The van der Waals surface area contributed by atoms with Gasteiger partial charge in [-0.2, -0.15) is 5.10 Å². The van der Waals surface area contributed by atoms with Gasteiger partial charge >= 0.3 is 0 Å². The second kappa shape index (κ2) is 6.09. The lowest BCUT2D eigenvalue weighted by Crippen LogP contribution is -2.64. The van der Waals surface area contributed by atoms with Crippen molar-refractivity contribution in [3.63, 3.8) is 0 Å². The van der Waals surface area contributed by atoms with Gasteiger partial charge in [0.05, 0.1) is 6.54 Å². The Labute approximate surface area is 128 Å². The molecule has 118 valence electrons. The lowest BCUT2D eigenvalue weighted by molar-refractivity contribution is 0.0608. The molecule has 0 radical (unpaired) electrons. The summed E-state index contributed by atoms with van der Waals surface area (Å²) in [6, 6.07) is 2.69. The van der Waals surface area contributed by atoms with Crippen LogP contribution in [0.25, 0.3) is 0 Å². The Kier molecular flexibility index (Phi) is 4.36. The number of hydrogen-bond donors (Lipinski definition) is 1. The van der Waals surface area contributed by atoms with Crippen molar-refractivity contribution in [2.45, 2.75) is 58.2 Å². The first-order valence-electron chi connectivity index (χ1n) is 8.53. The van der Waals surface area contributed by atoms with Crippen LogP contribution in [0.5, 0.6) is 0 Å². The Morgan fingerprint density at radius 2 is 2.14 bits per heavy atom. The second-order valence-corrected chi connectivity index (χ2v) is 7.60. The maximum Gasteiger partial charge on any atom is 0.0536 e. The number of piperazine rings is 1. The maximum atomic E-state index is 4.34. The van der Waals surface area contributed by atoms with Crippen LogP contribution in [0.4, 0.5) is 0 Å². The largest absolute Gasteiger partial charge is 0.308 e. The first kappa shape index (κ1) is 15.0. The van der Waals surface area contributed by atoms with Gasteiger partial charge in [-0.15, -0.1) is 0 Å². The number of aromatic nitrogens is 2. The van der Waals surface area contributed by atoms with Crippen LogP contribution in [-0.2, 0) is 6.54 Å². The Hall–Kier alpha value is -0.870. The molecule has 1 aliphatic carbocycles. The van der Waals surface area contributed by atoms with E-state index in [4.69, 9.17) is 0 Å². The SMILES string of the molecule is CC(C)CC1CNC(C)(C2CC2)CN1CCn1cccn1. The molecule has 2 heterocycles. The van der Waals surface area contributed by atoms with Crippen molar-refractivity contribution < 1.29 is 0 Å². The standard InChI is InChI=1S/C17H30N4/c1-14(2)11-16-12-18-17(3,15-5-6-15)13-20(16)9-10-21-8-4-7-19-21/h4,7-8,14-16,18H,5-6,9-13H2,1-3H3. The van der Waals surface area contributed by atoms with E-state index in [1.165, 1.54) is 25.8 Å². The van der Waals surface area contributed by atoms with Crippen LogP contribution in [0, 0.1) is 11.8 Å². The summed E-state index contributed by atoms with van der Waals surface area (Å²) in [5.41, 5.74) is 0.331. The second-order valence-electron chi connectivity index (χ2n) is 7.60. The van der Waals surface area contributed by atoms with Gasteiger partial charge in [0.15, 0.2) is 0 Å². The molecule has 0 amide bonds. The number of rotatable bonds is 6. The van der Waals surface area contributed by atoms with E-state index >= 15 is 0 Å². The third-order valence-corrected chi connectivity index (χ3v) is 5.19. The summed E-state index contributed by atoms with van der Waals surface area (Å²) >= 11 is 0. The fraction of sp³-hybridized carbons (Fsp3) is 0.824. The topological polar surface area (TPSA) is 33.1 Å². The minimum absolute atomic E-state index is 0.331. The van der Waals surface area contributed by atoms with Crippen LogP contribution in [-0.4, -0.2) is 45.9 Å². The molecule has 0 spiro atoms. The highest BCUT2D eigenvalue weighted by molar-refractivity contribution is 5.04. The molecule has 2 aliphatic rings. The molecule has 4 heteroatoms. The third kappa shape index (κ3) is 3.67. The zero-order chi connectivity index (χ0) is 14.9. The molecular weight excluding hydrogens is 260 g/mol. The quantitative estimate of drug-likeness (QED) is 0.873. The summed E-state index contributed by atoms with van der Waals surface area (Å²) in [6.07, 6.45) is 8.04. The molecule has 2 fully saturated rings. The lowest BCUT2D eigenvalue weighted by Gasteiger charge is -2.47. The van der Waals surface area contributed by atoms with Gasteiger partial charge in [-0.1, -0.05) is 13.8 Å². The molecule has 1 saturated heterocycles. The highest BCUT2D eigenvalue weighted by Crippen LogP contribution is 2.41. The van der Waals surface area contributed by atoms with Gasteiger partial charge in [-0.3, -0.25) is 9.58 Å². The molecule has 2 atom stereocenters. The molecule has 1 saturated carbocycles. The lowest BCUT2D eigenvalue weighted by atomic mass is 9.89. The predicted molar refractivity (Wildman–Crippen MR) is 86.2 cm³/mol. The van der Waals surface area contributed by atoms with Crippen molar-refractivity contribution in [1.29, 1.82) is 0 Å². The van der Waals surface area contributed by atoms with Crippen molar-refractivity contribution in [3.05, 3.63) is 18.5 Å². The van der Waals surface area contributed by atoms with Crippen LogP contribution >= 0.6 is 0 Å². The van der Waals surface area contributed by atoms with E-state index in [2.05, 4.69) is 47.0 Å². The van der Waals surface area contributed by atoms with Gasteiger partial charge in [0.2, 0.25) is 0 Å². The highest BCUT2D eigenvalue weighted by atomic mass is 15.3. The van der Waals surface area contributed by atoms with E-state index < -0.39 is 0 Å². The van der Waals surface area contributed by atoms with Gasteiger partial charge in [0, 0.05) is 43.6 Å². The molecule has 0 bridgehead atoms. The molecule has 1 N–H and O–H groups in total. The van der Waals surface area contributed by atoms with E-state index in [1.807, 2.05) is 12.3 Å². The van der Waals surface area contributed by atoms with Crippen LogP contribution < -0.4 is 5.32 Å². The monoisotopic (exact) mass is 290 g/mol. The molecule has 21 heavy (non-hydrogen) atoms. The van der Waals surface area contributed by atoms with E-state index in [0.29, 0.717) is 11.6 Å². The van der Waals surface area contributed by atoms with Crippen molar-refractivity contribution >= 4 is 0 Å². The summed E-state index contributed by atoms with van der Waals surface area (Å²) < 4.78 is 2.06. The Balaban J connectivity index is 1.63. The van der Waals surface area contributed by atoms with Gasteiger partial charge in [0.1, 0.15) is 0 Å². The molecule has 1 aliphatic heterocycles. The van der Waals surface area contributed by atoms with Crippen LogP contribution in [0.15, 0.2) is 18.5 Å². The maximum absolute atomic E-state index is 4.34. The molecular formula is C17H30N4. The Morgan fingerprint density at radius 3 is 2.76 bits per heavy atom. The minimum atomic E-state index is 0.331. The van der Waals surface area contributed by atoms with E-state index in [-0.39, 0.29) is 0 Å². The first-order valence-corrected chi connectivity index (χ1v) is 8.53. The number of nitrogens with one attached hydrogen (secondary N) is 1. The molecule has 4 nitrogen and oxygen atoms in total. The van der Waals surface area contributed by atoms with Gasteiger partial charge in [-0.05, 0) is 44.1 Å². The fourth-order valence-electron chi connectivity index (χ4n) is 3.78. The summed E-state index contributed by atoms with van der Waals surface area (Å²) in [5.74, 6) is 1.65. The van der Waals surface area contributed by atoms with Crippen molar-refractivity contribution in [2.24, 2.45) is 11.8 Å². The van der Waals surface area contributed by atoms with E-state index in [1.54, 1.807) is 0 Å². The normalized spacial score (nSPS) is 31.0. The van der Waals surface area contributed by atoms with Crippen LogP contribution in [0.2, 0.25) is 0 Å². The van der Waals surface area contributed by atoms with E-state index in [9.17, 15) is 0 Å². The number of hydrogen-bond acceptors (Lipinski definition) is 3. The minimum Gasteiger partial charge on any atom is -0.308 e. The van der Waals surface area contributed by atoms with Crippen LogP contribution in [0.3, 0.4) is 0 Å². The van der Waals surface area contributed by atoms with E-state index in [0.717, 1.165) is 31.5 Å². The Bertz CT molecular complexity index is 438.